The fourth-order valence-electron chi connectivity index (χ4n) is 3.43. The van der Waals surface area contributed by atoms with Gasteiger partial charge < -0.3 is 9.84 Å². The monoisotopic (exact) mass is 280 g/mol. The summed E-state index contributed by atoms with van der Waals surface area (Å²) in [4.78, 5) is 0. The quantitative estimate of drug-likeness (QED) is 0.881. The van der Waals surface area contributed by atoms with Crippen molar-refractivity contribution in [3.8, 4) is 5.75 Å². The van der Waals surface area contributed by atoms with E-state index in [9.17, 15) is 9.50 Å². The number of aliphatic hydroxyl groups is 1. The molecule has 112 valence electrons. The van der Waals surface area contributed by atoms with E-state index in [1.807, 2.05) is 0 Å². The van der Waals surface area contributed by atoms with Crippen molar-refractivity contribution in [3.05, 3.63) is 29.6 Å². The molecule has 0 spiro atoms. The standard InChI is InChI=1S/C17H25FO2/c1-11(2)8-17(9-12(3)4)10-15(19)14-6-5-13(18)7-16(14)20-17/h5-7,11-12,15,19H,8-10H2,1-4H3/t15-/m1/s1. The molecule has 1 aromatic carbocycles. The topological polar surface area (TPSA) is 29.5 Å². The van der Waals surface area contributed by atoms with E-state index in [4.69, 9.17) is 4.74 Å². The summed E-state index contributed by atoms with van der Waals surface area (Å²) in [5.74, 6) is 1.12. The van der Waals surface area contributed by atoms with Crippen molar-refractivity contribution in [3.63, 3.8) is 0 Å². The highest BCUT2D eigenvalue weighted by atomic mass is 19.1. The predicted octanol–water partition coefficient (Wildman–Crippen LogP) is 4.47. The zero-order chi connectivity index (χ0) is 14.9. The number of benzene rings is 1. The molecular weight excluding hydrogens is 255 g/mol. The van der Waals surface area contributed by atoms with Crippen LogP contribution in [0.4, 0.5) is 4.39 Å². The highest BCUT2D eigenvalue weighted by Crippen LogP contribution is 2.45. The van der Waals surface area contributed by atoms with Gasteiger partial charge in [0.15, 0.2) is 0 Å². The molecule has 1 atom stereocenters. The van der Waals surface area contributed by atoms with E-state index in [0.717, 1.165) is 12.8 Å². The van der Waals surface area contributed by atoms with Gasteiger partial charge in [-0.25, -0.2) is 4.39 Å². The largest absolute Gasteiger partial charge is 0.487 e. The third-order valence-electron chi connectivity index (χ3n) is 3.79. The van der Waals surface area contributed by atoms with Gasteiger partial charge in [0.2, 0.25) is 0 Å². The summed E-state index contributed by atoms with van der Waals surface area (Å²) in [6.45, 7) is 8.61. The SMILES string of the molecule is CC(C)CC1(CC(C)C)C[C@@H](O)c2ccc(F)cc2O1. The molecule has 0 saturated heterocycles. The Balaban J connectivity index is 2.36. The summed E-state index contributed by atoms with van der Waals surface area (Å²) in [7, 11) is 0. The Kier molecular flexibility index (Phi) is 4.38. The molecule has 1 aromatic rings. The molecule has 1 aliphatic heterocycles. The lowest BCUT2D eigenvalue weighted by atomic mass is 9.78. The molecular formula is C17H25FO2. The zero-order valence-corrected chi connectivity index (χ0v) is 12.8. The molecule has 0 bridgehead atoms. The number of aliphatic hydroxyl groups excluding tert-OH is 1. The van der Waals surface area contributed by atoms with E-state index in [2.05, 4.69) is 27.7 Å². The summed E-state index contributed by atoms with van der Waals surface area (Å²) >= 11 is 0. The Morgan fingerprint density at radius 2 is 1.85 bits per heavy atom. The fourth-order valence-corrected chi connectivity index (χ4v) is 3.43. The van der Waals surface area contributed by atoms with Crippen molar-refractivity contribution < 1.29 is 14.2 Å². The highest BCUT2D eigenvalue weighted by Gasteiger charge is 2.41. The molecule has 2 rings (SSSR count). The minimum atomic E-state index is -0.572. The van der Waals surface area contributed by atoms with Crippen LogP contribution in [0.15, 0.2) is 18.2 Å². The maximum absolute atomic E-state index is 13.4. The third kappa shape index (κ3) is 3.32. The normalized spacial score (nSPS) is 20.9. The maximum atomic E-state index is 13.4. The average molecular weight is 280 g/mol. The van der Waals surface area contributed by atoms with Crippen molar-refractivity contribution >= 4 is 0 Å². The fraction of sp³-hybridized carbons (Fsp3) is 0.647. The van der Waals surface area contributed by atoms with Gasteiger partial charge in [-0.15, -0.1) is 0 Å². The Morgan fingerprint density at radius 1 is 1.25 bits per heavy atom. The first kappa shape index (κ1) is 15.3. The number of hydrogen-bond donors (Lipinski definition) is 1. The molecule has 0 radical (unpaired) electrons. The maximum Gasteiger partial charge on any atom is 0.128 e. The van der Waals surface area contributed by atoms with Gasteiger partial charge >= 0.3 is 0 Å². The Hall–Kier alpha value is -1.09. The first-order valence-corrected chi connectivity index (χ1v) is 7.48. The van der Waals surface area contributed by atoms with Gasteiger partial charge in [0.05, 0.1) is 6.10 Å². The Morgan fingerprint density at radius 3 is 2.40 bits per heavy atom. The van der Waals surface area contributed by atoms with Gasteiger partial charge in [-0.2, -0.15) is 0 Å². The molecule has 0 saturated carbocycles. The van der Waals surface area contributed by atoms with Gasteiger partial charge in [0, 0.05) is 18.1 Å². The second-order valence-corrected chi connectivity index (χ2v) is 6.88. The summed E-state index contributed by atoms with van der Waals surface area (Å²) in [5, 5.41) is 10.4. The number of ether oxygens (including phenoxy) is 1. The molecule has 0 unspecified atom stereocenters. The minimum absolute atomic E-state index is 0.319. The van der Waals surface area contributed by atoms with Crippen molar-refractivity contribution in [2.75, 3.05) is 0 Å². The van der Waals surface area contributed by atoms with Gasteiger partial charge in [-0.3, -0.25) is 0 Å². The third-order valence-corrected chi connectivity index (χ3v) is 3.79. The van der Waals surface area contributed by atoms with E-state index >= 15 is 0 Å². The van der Waals surface area contributed by atoms with Crippen molar-refractivity contribution in [1.82, 2.24) is 0 Å². The Labute approximate surface area is 121 Å². The van der Waals surface area contributed by atoms with Crippen molar-refractivity contribution in [2.24, 2.45) is 11.8 Å². The minimum Gasteiger partial charge on any atom is -0.487 e. The average Bonchev–Trinajstić information content (AvgIpc) is 2.25. The van der Waals surface area contributed by atoms with Gasteiger partial charge in [-0.1, -0.05) is 27.7 Å². The van der Waals surface area contributed by atoms with Crippen LogP contribution in [0.1, 0.15) is 58.6 Å². The molecule has 20 heavy (non-hydrogen) atoms. The van der Waals surface area contributed by atoms with Crippen molar-refractivity contribution in [2.45, 2.75) is 58.7 Å². The summed E-state index contributed by atoms with van der Waals surface area (Å²) in [6, 6.07) is 4.40. The van der Waals surface area contributed by atoms with Crippen LogP contribution < -0.4 is 4.74 Å². The van der Waals surface area contributed by atoms with Gasteiger partial charge in [-0.05, 0) is 36.8 Å². The molecule has 0 fully saturated rings. The van der Waals surface area contributed by atoms with Crippen LogP contribution in [0.5, 0.6) is 5.75 Å². The number of rotatable bonds is 4. The molecule has 2 nitrogen and oxygen atoms in total. The number of hydrogen-bond acceptors (Lipinski definition) is 2. The molecule has 3 heteroatoms. The first-order valence-electron chi connectivity index (χ1n) is 7.48. The van der Waals surface area contributed by atoms with E-state index in [1.54, 1.807) is 6.07 Å². The van der Waals surface area contributed by atoms with E-state index in [0.29, 0.717) is 29.6 Å². The lowest BCUT2D eigenvalue weighted by molar-refractivity contribution is -0.0409. The summed E-state index contributed by atoms with van der Waals surface area (Å²) < 4.78 is 19.6. The lowest BCUT2D eigenvalue weighted by Gasteiger charge is -2.43. The van der Waals surface area contributed by atoms with Crippen LogP contribution in [0.25, 0.3) is 0 Å². The van der Waals surface area contributed by atoms with Crippen molar-refractivity contribution in [1.29, 1.82) is 0 Å². The van der Waals surface area contributed by atoms with Crippen LogP contribution in [-0.4, -0.2) is 10.7 Å². The van der Waals surface area contributed by atoms with Crippen LogP contribution in [0.2, 0.25) is 0 Å². The van der Waals surface area contributed by atoms with Gasteiger partial charge in [0.1, 0.15) is 17.2 Å². The number of halogens is 1. The van der Waals surface area contributed by atoms with Crippen LogP contribution >= 0.6 is 0 Å². The molecule has 1 N–H and O–H groups in total. The Bertz CT molecular complexity index is 458. The molecule has 0 aromatic heterocycles. The molecule has 0 amide bonds. The van der Waals surface area contributed by atoms with Crippen LogP contribution in [0, 0.1) is 17.7 Å². The molecule has 0 aliphatic carbocycles. The second-order valence-electron chi connectivity index (χ2n) is 6.88. The summed E-state index contributed by atoms with van der Waals surface area (Å²) in [6.07, 6.45) is 1.76. The molecule has 1 heterocycles. The zero-order valence-electron chi connectivity index (χ0n) is 12.8. The highest BCUT2D eigenvalue weighted by molar-refractivity contribution is 5.38. The first-order chi connectivity index (χ1) is 9.31. The van der Waals surface area contributed by atoms with E-state index in [-0.39, 0.29) is 11.4 Å². The van der Waals surface area contributed by atoms with Crippen LogP contribution in [-0.2, 0) is 0 Å². The second kappa shape index (κ2) is 5.72. The van der Waals surface area contributed by atoms with E-state index < -0.39 is 6.10 Å². The van der Waals surface area contributed by atoms with Gasteiger partial charge in [0.25, 0.3) is 0 Å². The molecule has 1 aliphatic rings. The van der Waals surface area contributed by atoms with Crippen LogP contribution in [0.3, 0.4) is 0 Å². The number of fused-ring (bicyclic) bond motifs is 1. The van der Waals surface area contributed by atoms with E-state index in [1.165, 1.54) is 12.1 Å². The predicted molar refractivity (Wildman–Crippen MR) is 78.2 cm³/mol. The smallest absolute Gasteiger partial charge is 0.128 e. The summed E-state index contributed by atoms with van der Waals surface area (Å²) in [5.41, 5.74) is 0.317. The lowest BCUT2D eigenvalue weighted by Crippen LogP contribution is -2.43.